The highest BCUT2D eigenvalue weighted by molar-refractivity contribution is 7.89. The first-order chi connectivity index (χ1) is 14.5. The molecule has 1 aliphatic heterocycles. The Morgan fingerprint density at radius 3 is 2.58 bits per heavy atom. The molecule has 0 radical (unpaired) electrons. The molecule has 0 fully saturated rings. The molecule has 2 aromatic carbocycles. The number of aromatic nitrogens is 3. The first-order valence-electron chi connectivity index (χ1n) is 9.68. The minimum absolute atomic E-state index is 0.224. The van der Waals surface area contributed by atoms with Crippen LogP contribution < -0.4 is 5.32 Å². The van der Waals surface area contributed by atoms with E-state index in [0.717, 1.165) is 21.7 Å². The van der Waals surface area contributed by atoms with Crippen molar-refractivity contribution < 1.29 is 17.2 Å². The van der Waals surface area contributed by atoms with Crippen molar-refractivity contribution in [3.63, 3.8) is 0 Å². The van der Waals surface area contributed by atoms with Gasteiger partial charge in [0.1, 0.15) is 11.5 Å². The molecule has 5 rings (SSSR count). The summed E-state index contributed by atoms with van der Waals surface area (Å²) in [7, 11) is -3.67. The number of benzene rings is 2. The van der Waals surface area contributed by atoms with Crippen molar-refractivity contribution in [1.82, 2.24) is 13.8 Å². The van der Waals surface area contributed by atoms with Crippen molar-refractivity contribution in [2.75, 3.05) is 11.6 Å². The lowest BCUT2D eigenvalue weighted by Gasteiger charge is -2.36. The third-order valence-corrected chi connectivity index (χ3v) is 6.66. The van der Waals surface area contributed by atoms with Gasteiger partial charge in [0.05, 0.1) is 34.8 Å². The smallest absolute Gasteiger partial charge is 0.251 e. The van der Waals surface area contributed by atoms with E-state index < -0.39 is 27.2 Å². The lowest BCUT2D eigenvalue weighted by Crippen LogP contribution is -2.35. The molecule has 6 nitrogen and oxygen atoms in total. The van der Waals surface area contributed by atoms with E-state index >= 15 is 8.78 Å². The lowest BCUT2D eigenvalue weighted by molar-refractivity contribution is 0.532. The van der Waals surface area contributed by atoms with Gasteiger partial charge in [0.15, 0.2) is 5.82 Å². The van der Waals surface area contributed by atoms with Crippen LogP contribution in [0.25, 0.3) is 27.7 Å². The molecular formula is C22H20F2N4O2S. The second-order valence-corrected chi connectivity index (χ2v) is 10.2. The molecule has 1 N–H and O–H groups in total. The Morgan fingerprint density at radius 2 is 1.87 bits per heavy atom. The van der Waals surface area contributed by atoms with Gasteiger partial charge in [-0.3, -0.25) is 0 Å². The second kappa shape index (κ2) is 6.16. The van der Waals surface area contributed by atoms with Crippen LogP contribution in [-0.2, 0) is 15.6 Å². The van der Waals surface area contributed by atoms with Gasteiger partial charge < -0.3 is 9.88 Å². The maximum atomic E-state index is 16.0. The number of anilines is 1. The van der Waals surface area contributed by atoms with Crippen LogP contribution >= 0.6 is 0 Å². The number of rotatable bonds is 2. The van der Waals surface area contributed by atoms with Crippen molar-refractivity contribution in [3.05, 3.63) is 65.6 Å². The topological polar surface area (TPSA) is 68.9 Å². The summed E-state index contributed by atoms with van der Waals surface area (Å²) in [6.45, 7) is 5.77. The molecule has 0 saturated carbocycles. The van der Waals surface area contributed by atoms with E-state index in [9.17, 15) is 8.42 Å². The summed E-state index contributed by atoms with van der Waals surface area (Å²) < 4.78 is 58.0. The van der Waals surface area contributed by atoms with E-state index in [1.165, 1.54) is 12.3 Å². The average molecular weight is 442 g/mol. The van der Waals surface area contributed by atoms with Gasteiger partial charge in [-0.05, 0) is 50.6 Å². The normalized spacial score (nSPS) is 14.9. The van der Waals surface area contributed by atoms with Crippen molar-refractivity contribution in [3.8, 4) is 16.8 Å². The molecular weight excluding hydrogens is 422 g/mol. The summed E-state index contributed by atoms with van der Waals surface area (Å²) in [4.78, 5) is 0. The Kier molecular flexibility index (Phi) is 3.93. The molecule has 4 aromatic rings. The quantitative estimate of drug-likeness (QED) is 0.495. The zero-order chi connectivity index (χ0) is 22.3. The van der Waals surface area contributed by atoms with E-state index in [1.807, 2.05) is 32.9 Å². The van der Waals surface area contributed by atoms with Gasteiger partial charge in [-0.15, -0.1) is 0 Å². The number of fused-ring (bicyclic) bond motifs is 4. The molecule has 0 atom stereocenters. The van der Waals surface area contributed by atoms with Crippen molar-refractivity contribution in [2.45, 2.75) is 26.3 Å². The zero-order valence-electron chi connectivity index (χ0n) is 17.4. The minimum atomic E-state index is -3.67. The highest BCUT2D eigenvalue weighted by Gasteiger charge is 2.35. The molecule has 9 heteroatoms. The monoisotopic (exact) mass is 442 g/mol. The molecule has 3 heterocycles. The van der Waals surface area contributed by atoms with E-state index in [1.54, 1.807) is 22.8 Å². The molecule has 2 aromatic heterocycles. The standard InChI is InChI=1S/C22H20F2N4O2S/c1-12-8-9-18-22(2,3)26-16-10-15(23)19(20(24)21(16)27(12)18)13-6-5-7-17-14(13)11-25-28(17)31(4,29)30/h5-11,26H,1-4H3. The van der Waals surface area contributed by atoms with Gasteiger partial charge in [0.2, 0.25) is 0 Å². The number of hydrogen-bond acceptors (Lipinski definition) is 4. The van der Waals surface area contributed by atoms with Crippen LogP contribution in [0, 0.1) is 18.6 Å². The third kappa shape index (κ3) is 2.72. The van der Waals surface area contributed by atoms with Crippen molar-refractivity contribution in [1.29, 1.82) is 0 Å². The maximum Gasteiger partial charge on any atom is 0.251 e. The van der Waals surface area contributed by atoms with Gasteiger partial charge in [-0.25, -0.2) is 17.2 Å². The lowest BCUT2D eigenvalue weighted by atomic mass is 9.94. The summed E-state index contributed by atoms with van der Waals surface area (Å²) in [6.07, 6.45) is 2.34. The van der Waals surface area contributed by atoms with Crippen LogP contribution in [0.1, 0.15) is 25.2 Å². The summed E-state index contributed by atoms with van der Waals surface area (Å²) in [6, 6.07) is 9.79. The van der Waals surface area contributed by atoms with Crippen LogP contribution in [0.3, 0.4) is 0 Å². The molecule has 1 aliphatic rings. The minimum Gasteiger partial charge on any atom is -0.373 e. The van der Waals surface area contributed by atoms with Gasteiger partial charge in [-0.2, -0.15) is 9.19 Å². The number of hydrogen-bond donors (Lipinski definition) is 1. The van der Waals surface area contributed by atoms with Crippen LogP contribution in [0.5, 0.6) is 0 Å². The number of nitrogens with one attached hydrogen (secondary N) is 1. The summed E-state index contributed by atoms with van der Waals surface area (Å²) >= 11 is 0. The van der Waals surface area contributed by atoms with Gasteiger partial charge >= 0.3 is 0 Å². The van der Waals surface area contributed by atoms with Crippen LogP contribution in [0.4, 0.5) is 14.5 Å². The fourth-order valence-corrected chi connectivity index (χ4v) is 5.14. The molecule has 0 spiro atoms. The van der Waals surface area contributed by atoms with E-state index in [-0.39, 0.29) is 22.3 Å². The highest BCUT2D eigenvalue weighted by Crippen LogP contribution is 2.44. The predicted octanol–water partition coefficient (Wildman–Crippen LogP) is 4.55. The molecule has 0 saturated heterocycles. The third-order valence-electron chi connectivity index (χ3n) is 5.74. The Labute approximate surface area is 178 Å². The fourth-order valence-electron chi connectivity index (χ4n) is 4.40. The molecule has 0 amide bonds. The molecule has 0 unspecified atom stereocenters. The van der Waals surface area contributed by atoms with Crippen LogP contribution in [0.2, 0.25) is 0 Å². The summed E-state index contributed by atoms with van der Waals surface area (Å²) in [5, 5.41) is 7.50. The van der Waals surface area contributed by atoms with E-state index in [4.69, 9.17) is 0 Å². The summed E-state index contributed by atoms with van der Waals surface area (Å²) in [5.41, 5.74) is 2.03. The summed E-state index contributed by atoms with van der Waals surface area (Å²) in [5.74, 6) is -1.47. The molecule has 31 heavy (non-hydrogen) atoms. The Balaban J connectivity index is 1.84. The first kappa shape index (κ1) is 19.7. The van der Waals surface area contributed by atoms with Crippen LogP contribution in [-0.4, -0.2) is 28.4 Å². The van der Waals surface area contributed by atoms with Crippen molar-refractivity contribution >= 4 is 26.6 Å². The van der Waals surface area contributed by atoms with Gasteiger partial charge in [0.25, 0.3) is 10.0 Å². The second-order valence-electron chi connectivity index (χ2n) is 8.38. The van der Waals surface area contributed by atoms with Crippen LogP contribution in [0.15, 0.2) is 42.6 Å². The van der Waals surface area contributed by atoms with E-state index in [0.29, 0.717) is 11.1 Å². The maximum absolute atomic E-state index is 16.0. The number of aryl methyl sites for hydroxylation is 1. The Morgan fingerprint density at radius 1 is 1.13 bits per heavy atom. The van der Waals surface area contributed by atoms with Gasteiger partial charge in [0, 0.05) is 16.8 Å². The van der Waals surface area contributed by atoms with E-state index in [2.05, 4.69) is 10.4 Å². The SMILES string of the molecule is Cc1ccc2n1-c1c(cc(F)c(-c3cccc4c3cnn4S(C)(=O)=O)c1F)NC2(C)C. The zero-order valence-corrected chi connectivity index (χ0v) is 18.2. The Hall–Kier alpha value is -3.20. The fraction of sp³-hybridized carbons (Fsp3) is 0.227. The predicted molar refractivity (Wildman–Crippen MR) is 116 cm³/mol. The largest absolute Gasteiger partial charge is 0.373 e. The Bertz CT molecular complexity index is 1500. The first-order valence-corrected chi connectivity index (χ1v) is 11.5. The average Bonchev–Trinajstić information content (AvgIpc) is 3.26. The van der Waals surface area contributed by atoms with Gasteiger partial charge in [-0.1, -0.05) is 12.1 Å². The number of nitrogens with zero attached hydrogens (tertiary/aromatic N) is 3. The molecule has 160 valence electrons. The molecule has 0 bridgehead atoms. The highest BCUT2D eigenvalue weighted by atomic mass is 32.2. The molecule has 0 aliphatic carbocycles. The number of halogens is 2. The van der Waals surface area contributed by atoms with Crippen molar-refractivity contribution in [2.24, 2.45) is 0 Å².